The quantitative estimate of drug-likeness (QED) is 0.741. The normalized spacial score (nSPS) is 11.9. The van der Waals surface area contributed by atoms with Crippen LogP contribution in [0.1, 0.15) is 38.1 Å². The molecule has 7 heteroatoms. The highest BCUT2D eigenvalue weighted by molar-refractivity contribution is 5.98. The van der Waals surface area contributed by atoms with Crippen LogP contribution in [0, 0.1) is 11.8 Å². The maximum atomic E-state index is 12.3. The first-order valence-electron chi connectivity index (χ1n) is 7.74. The predicted octanol–water partition coefficient (Wildman–Crippen LogP) is 2.10. The molecule has 0 aromatic heterocycles. The summed E-state index contributed by atoms with van der Waals surface area (Å²) in [6, 6.07) is 5.52. The zero-order chi connectivity index (χ0) is 18.3. The Kier molecular flexibility index (Phi) is 7.23. The molecule has 3 N–H and O–H groups in total. The number of primary amides is 1. The van der Waals surface area contributed by atoms with Gasteiger partial charge in [0.2, 0.25) is 0 Å². The molecule has 0 aliphatic carbocycles. The molecule has 0 bridgehead atoms. The number of benzene rings is 1. The molecule has 1 aromatic carbocycles. The van der Waals surface area contributed by atoms with E-state index < -0.39 is 24.0 Å². The molecule has 0 saturated heterocycles. The Hall–Kier alpha value is -2.57. The average Bonchev–Trinajstić information content (AvgIpc) is 2.49. The van der Waals surface area contributed by atoms with Crippen LogP contribution in [0.25, 0.3) is 0 Å². The van der Waals surface area contributed by atoms with Crippen molar-refractivity contribution < 1.29 is 23.9 Å². The zero-order valence-electron chi connectivity index (χ0n) is 14.4. The average molecular weight is 336 g/mol. The molecular formula is C17H24N2O5. The number of esters is 1. The molecule has 0 aliphatic heterocycles. The van der Waals surface area contributed by atoms with Crippen LogP contribution in [0.5, 0.6) is 5.75 Å². The largest absolute Gasteiger partial charge is 0.493 e. The van der Waals surface area contributed by atoms with Gasteiger partial charge in [0, 0.05) is 0 Å². The third-order valence-corrected chi connectivity index (χ3v) is 3.00. The summed E-state index contributed by atoms with van der Waals surface area (Å²) in [6.45, 7) is 7.95. The van der Waals surface area contributed by atoms with E-state index in [1.54, 1.807) is 38.1 Å². The minimum absolute atomic E-state index is 0.258. The van der Waals surface area contributed by atoms with E-state index in [1.807, 2.05) is 19.2 Å². The minimum atomic E-state index is -1.12. The maximum absolute atomic E-state index is 12.3. The van der Waals surface area contributed by atoms with Crippen LogP contribution in [0.3, 0.4) is 0 Å². The third-order valence-electron chi connectivity index (χ3n) is 3.00. The Morgan fingerprint density at radius 3 is 2.38 bits per heavy atom. The van der Waals surface area contributed by atoms with E-state index >= 15 is 0 Å². The van der Waals surface area contributed by atoms with Gasteiger partial charge in [-0.3, -0.25) is 10.1 Å². The van der Waals surface area contributed by atoms with E-state index in [9.17, 15) is 14.4 Å². The van der Waals surface area contributed by atoms with E-state index in [-0.39, 0.29) is 11.5 Å². The SMILES string of the molecule is CC(C)COc1cccc(C(=O)O[C@@H](C(=O)NC(N)=O)C(C)C)c1. The number of amides is 3. The van der Waals surface area contributed by atoms with Crippen LogP contribution in [0.15, 0.2) is 24.3 Å². The highest BCUT2D eigenvalue weighted by Gasteiger charge is 2.28. The molecular weight excluding hydrogens is 312 g/mol. The van der Waals surface area contributed by atoms with Gasteiger partial charge in [-0.05, 0) is 30.0 Å². The highest BCUT2D eigenvalue weighted by atomic mass is 16.5. The number of nitrogens with two attached hydrogens (primary N) is 1. The van der Waals surface area contributed by atoms with Crippen molar-refractivity contribution in [2.75, 3.05) is 6.61 Å². The molecule has 0 aliphatic rings. The van der Waals surface area contributed by atoms with Crippen molar-refractivity contribution >= 4 is 17.9 Å². The molecule has 0 spiro atoms. The molecule has 0 radical (unpaired) electrons. The smallest absolute Gasteiger partial charge is 0.339 e. The van der Waals surface area contributed by atoms with Crippen LogP contribution in [0.2, 0.25) is 0 Å². The number of carbonyl (C=O) groups excluding carboxylic acids is 3. The molecule has 1 rings (SSSR count). The minimum Gasteiger partial charge on any atom is -0.493 e. The van der Waals surface area contributed by atoms with Crippen molar-refractivity contribution in [1.29, 1.82) is 0 Å². The second-order valence-electron chi connectivity index (χ2n) is 6.16. The van der Waals surface area contributed by atoms with E-state index in [4.69, 9.17) is 15.2 Å². The molecule has 3 amide bonds. The first kappa shape index (κ1) is 19.5. The summed E-state index contributed by atoms with van der Waals surface area (Å²) in [5, 5.41) is 1.92. The third kappa shape index (κ3) is 6.28. The summed E-state index contributed by atoms with van der Waals surface area (Å²) in [5.41, 5.74) is 5.18. The molecule has 1 aromatic rings. The Morgan fingerprint density at radius 1 is 1.17 bits per heavy atom. The van der Waals surface area contributed by atoms with Gasteiger partial charge >= 0.3 is 12.0 Å². The van der Waals surface area contributed by atoms with E-state index in [0.717, 1.165) is 0 Å². The van der Waals surface area contributed by atoms with Crippen LogP contribution >= 0.6 is 0 Å². The monoisotopic (exact) mass is 336 g/mol. The van der Waals surface area contributed by atoms with Crippen molar-refractivity contribution in [2.45, 2.75) is 33.8 Å². The predicted molar refractivity (Wildman–Crippen MR) is 88.5 cm³/mol. The lowest BCUT2D eigenvalue weighted by atomic mass is 10.1. The number of rotatable bonds is 7. The Labute approximate surface area is 141 Å². The number of ether oxygens (including phenoxy) is 2. The van der Waals surface area contributed by atoms with Crippen LogP contribution in [-0.2, 0) is 9.53 Å². The summed E-state index contributed by atoms with van der Waals surface area (Å²) >= 11 is 0. The fraction of sp³-hybridized carbons (Fsp3) is 0.471. The van der Waals surface area contributed by atoms with Gasteiger partial charge in [-0.2, -0.15) is 0 Å². The summed E-state index contributed by atoms with van der Waals surface area (Å²) in [5.74, 6) is -0.862. The zero-order valence-corrected chi connectivity index (χ0v) is 14.4. The Balaban J connectivity index is 2.82. The molecule has 0 unspecified atom stereocenters. The number of nitrogens with one attached hydrogen (secondary N) is 1. The van der Waals surface area contributed by atoms with Gasteiger partial charge in [-0.25, -0.2) is 9.59 Å². The lowest BCUT2D eigenvalue weighted by molar-refractivity contribution is -0.130. The summed E-state index contributed by atoms with van der Waals surface area (Å²) in [4.78, 5) is 35.0. The molecule has 0 saturated carbocycles. The molecule has 7 nitrogen and oxygen atoms in total. The summed E-state index contributed by atoms with van der Waals surface area (Å²) in [6.07, 6.45) is -1.12. The Bertz CT molecular complexity index is 598. The van der Waals surface area contributed by atoms with Crippen molar-refractivity contribution in [3.63, 3.8) is 0 Å². The number of hydrogen-bond donors (Lipinski definition) is 2. The fourth-order valence-corrected chi connectivity index (χ4v) is 1.84. The number of carbonyl (C=O) groups is 3. The van der Waals surface area contributed by atoms with Gasteiger partial charge in [-0.15, -0.1) is 0 Å². The van der Waals surface area contributed by atoms with Gasteiger partial charge in [0.05, 0.1) is 12.2 Å². The van der Waals surface area contributed by atoms with Crippen molar-refractivity contribution in [2.24, 2.45) is 17.6 Å². The first-order valence-corrected chi connectivity index (χ1v) is 7.74. The van der Waals surface area contributed by atoms with Crippen LogP contribution in [-0.4, -0.2) is 30.6 Å². The standard InChI is InChI=1S/C17H24N2O5/c1-10(2)9-23-13-7-5-6-12(8-13)16(21)24-14(11(3)4)15(20)19-17(18)22/h5-8,10-11,14H,9H2,1-4H3,(H3,18,19,20,22)/t14-/m1/s1. The molecule has 0 fully saturated rings. The lowest BCUT2D eigenvalue weighted by Gasteiger charge is -2.20. The second kappa shape index (κ2) is 8.90. The van der Waals surface area contributed by atoms with Gasteiger partial charge in [0.1, 0.15) is 5.75 Å². The number of hydrogen-bond acceptors (Lipinski definition) is 5. The van der Waals surface area contributed by atoms with Crippen molar-refractivity contribution in [1.82, 2.24) is 5.32 Å². The number of urea groups is 1. The van der Waals surface area contributed by atoms with E-state index in [1.165, 1.54) is 0 Å². The summed E-state index contributed by atoms with van der Waals surface area (Å²) < 4.78 is 10.8. The highest BCUT2D eigenvalue weighted by Crippen LogP contribution is 2.17. The number of imide groups is 1. The first-order chi connectivity index (χ1) is 11.2. The molecule has 0 heterocycles. The van der Waals surface area contributed by atoms with Gasteiger partial charge in [-0.1, -0.05) is 33.8 Å². The second-order valence-corrected chi connectivity index (χ2v) is 6.16. The van der Waals surface area contributed by atoms with Gasteiger partial charge in [0.15, 0.2) is 6.10 Å². The lowest BCUT2D eigenvalue weighted by Crippen LogP contribution is -2.45. The van der Waals surface area contributed by atoms with Gasteiger partial charge < -0.3 is 15.2 Å². The molecule has 132 valence electrons. The fourth-order valence-electron chi connectivity index (χ4n) is 1.84. The topological polar surface area (TPSA) is 108 Å². The van der Waals surface area contributed by atoms with E-state index in [0.29, 0.717) is 18.3 Å². The summed E-state index contributed by atoms with van der Waals surface area (Å²) in [7, 11) is 0. The molecule has 1 atom stereocenters. The van der Waals surface area contributed by atoms with Crippen molar-refractivity contribution in [3.05, 3.63) is 29.8 Å². The van der Waals surface area contributed by atoms with Crippen LogP contribution < -0.4 is 15.8 Å². The van der Waals surface area contributed by atoms with Crippen molar-refractivity contribution in [3.8, 4) is 5.75 Å². The van der Waals surface area contributed by atoms with Gasteiger partial charge in [0.25, 0.3) is 5.91 Å². The van der Waals surface area contributed by atoms with E-state index in [2.05, 4.69) is 0 Å². The van der Waals surface area contributed by atoms with Crippen LogP contribution in [0.4, 0.5) is 4.79 Å². The molecule has 24 heavy (non-hydrogen) atoms. The Morgan fingerprint density at radius 2 is 1.83 bits per heavy atom. The maximum Gasteiger partial charge on any atom is 0.339 e.